The standard InChI is InChI=1S/C11H12BrNO4/c1-7(11(14)16-2)17-10-4-3-9(12)5-8(10)6-13-15/h3-7,15H,1-2H3. The fourth-order valence-electron chi connectivity index (χ4n) is 1.19. The highest BCUT2D eigenvalue weighted by Crippen LogP contribution is 2.23. The first-order chi connectivity index (χ1) is 8.08. The number of halogens is 1. The molecule has 6 heteroatoms. The van der Waals surface area contributed by atoms with Gasteiger partial charge in [0.2, 0.25) is 0 Å². The van der Waals surface area contributed by atoms with Crippen molar-refractivity contribution in [1.29, 1.82) is 0 Å². The minimum Gasteiger partial charge on any atom is -0.478 e. The second-order valence-corrected chi connectivity index (χ2v) is 4.13. The molecule has 1 rings (SSSR count). The average Bonchev–Trinajstić information content (AvgIpc) is 2.31. The number of carbonyl (C=O) groups excluding carboxylic acids is 1. The van der Waals surface area contributed by atoms with Gasteiger partial charge in [0, 0.05) is 10.0 Å². The van der Waals surface area contributed by atoms with E-state index in [0.717, 1.165) is 4.47 Å². The predicted octanol–water partition coefficient (Wildman–Crippen LogP) is 2.20. The number of benzene rings is 1. The molecule has 17 heavy (non-hydrogen) atoms. The molecule has 1 unspecified atom stereocenters. The summed E-state index contributed by atoms with van der Waals surface area (Å²) in [6.07, 6.45) is 0.497. The molecule has 92 valence electrons. The van der Waals surface area contributed by atoms with Crippen LogP contribution in [0, 0.1) is 0 Å². The van der Waals surface area contributed by atoms with Gasteiger partial charge < -0.3 is 14.7 Å². The van der Waals surface area contributed by atoms with Crippen LogP contribution >= 0.6 is 15.9 Å². The summed E-state index contributed by atoms with van der Waals surface area (Å²) in [5, 5.41) is 11.5. The van der Waals surface area contributed by atoms with Crippen molar-refractivity contribution >= 4 is 28.1 Å². The minimum atomic E-state index is -0.730. The van der Waals surface area contributed by atoms with Crippen LogP contribution in [0.2, 0.25) is 0 Å². The molecule has 0 aromatic heterocycles. The molecule has 0 saturated heterocycles. The van der Waals surface area contributed by atoms with Gasteiger partial charge in [0.15, 0.2) is 6.10 Å². The molecular weight excluding hydrogens is 290 g/mol. The summed E-state index contributed by atoms with van der Waals surface area (Å²) in [5.74, 6) is -0.0382. The first-order valence-corrected chi connectivity index (χ1v) is 5.59. The van der Waals surface area contributed by atoms with Crippen molar-refractivity contribution in [3.05, 3.63) is 28.2 Å². The van der Waals surface area contributed by atoms with E-state index in [-0.39, 0.29) is 0 Å². The topological polar surface area (TPSA) is 68.1 Å². The monoisotopic (exact) mass is 301 g/mol. The van der Waals surface area contributed by atoms with Gasteiger partial charge in [-0.2, -0.15) is 0 Å². The third-order valence-corrected chi connectivity index (χ3v) is 2.50. The molecule has 0 radical (unpaired) electrons. The third kappa shape index (κ3) is 3.74. The van der Waals surface area contributed by atoms with Crippen molar-refractivity contribution in [3.63, 3.8) is 0 Å². The fraction of sp³-hybridized carbons (Fsp3) is 0.273. The van der Waals surface area contributed by atoms with Crippen molar-refractivity contribution in [2.75, 3.05) is 7.11 Å². The van der Waals surface area contributed by atoms with Gasteiger partial charge in [0.05, 0.1) is 13.3 Å². The van der Waals surface area contributed by atoms with Crippen LogP contribution in [-0.4, -0.2) is 30.6 Å². The first-order valence-electron chi connectivity index (χ1n) is 4.80. The highest BCUT2D eigenvalue weighted by molar-refractivity contribution is 9.10. The zero-order valence-corrected chi connectivity index (χ0v) is 11.0. The Bertz CT molecular complexity index is 433. The Balaban J connectivity index is 2.93. The molecule has 0 aliphatic heterocycles. The number of ether oxygens (including phenoxy) is 2. The van der Waals surface area contributed by atoms with E-state index in [0.29, 0.717) is 11.3 Å². The Morgan fingerprint density at radius 2 is 2.29 bits per heavy atom. The van der Waals surface area contributed by atoms with Crippen molar-refractivity contribution in [3.8, 4) is 5.75 Å². The van der Waals surface area contributed by atoms with E-state index in [2.05, 4.69) is 25.8 Å². The average molecular weight is 302 g/mol. The van der Waals surface area contributed by atoms with Crippen molar-refractivity contribution < 1.29 is 19.5 Å². The summed E-state index contributed by atoms with van der Waals surface area (Å²) in [4.78, 5) is 11.2. The Labute approximate surface area is 107 Å². The van der Waals surface area contributed by atoms with E-state index >= 15 is 0 Å². The van der Waals surface area contributed by atoms with Crippen LogP contribution in [0.15, 0.2) is 27.8 Å². The minimum absolute atomic E-state index is 0.434. The lowest BCUT2D eigenvalue weighted by Crippen LogP contribution is -2.25. The first kappa shape index (κ1) is 13.5. The van der Waals surface area contributed by atoms with Gasteiger partial charge in [-0.1, -0.05) is 21.1 Å². The summed E-state index contributed by atoms with van der Waals surface area (Å²) >= 11 is 3.28. The normalized spacial score (nSPS) is 12.4. The Kier molecular flexibility index (Phi) is 4.96. The lowest BCUT2D eigenvalue weighted by atomic mass is 10.2. The maximum absolute atomic E-state index is 11.2. The van der Waals surface area contributed by atoms with Crippen LogP contribution in [0.5, 0.6) is 5.75 Å². The number of oxime groups is 1. The number of esters is 1. The molecule has 0 fully saturated rings. The lowest BCUT2D eigenvalue weighted by molar-refractivity contribution is -0.147. The summed E-state index contributed by atoms with van der Waals surface area (Å²) in [7, 11) is 1.29. The molecule has 0 saturated carbocycles. The van der Waals surface area contributed by atoms with Crippen LogP contribution in [-0.2, 0) is 9.53 Å². The maximum Gasteiger partial charge on any atom is 0.346 e. The van der Waals surface area contributed by atoms with Gasteiger partial charge in [0.1, 0.15) is 5.75 Å². The van der Waals surface area contributed by atoms with Crippen LogP contribution in [0.4, 0.5) is 0 Å². The highest BCUT2D eigenvalue weighted by Gasteiger charge is 2.16. The number of carbonyl (C=O) groups is 1. The van der Waals surface area contributed by atoms with Crippen LogP contribution < -0.4 is 4.74 Å². The molecule has 5 nitrogen and oxygen atoms in total. The van der Waals surface area contributed by atoms with Crippen LogP contribution in [0.3, 0.4) is 0 Å². The summed E-state index contributed by atoms with van der Waals surface area (Å²) in [5.41, 5.74) is 0.553. The summed E-state index contributed by atoms with van der Waals surface area (Å²) in [6, 6.07) is 5.13. The molecule has 0 heterocycles. The molecule has 0 bridgehead atoms. The molecular formula is C11H12BrNO4. The van der Waals surface area contributed by atoms with E-state index in [1.54, 1.807) is 25.1 Å². The second kappa shape index (κ2) is 6.24. The van der Waals surface area contributed by atoms with Gasteiger partial charge in [0.25, 0.3) is 0 Å². The highest BCUT2D eigenvalue weighted by atomic mass is 79.9. The van der Waals surface area contributed by atoms with E-state index < -0.39 is 12.1 Å². The van der Waals surface area contributed by atoms with Gasteiger partial charge in [-0.15, -0.1) is 0 Å². The number of rotatable bonds is 4. The van der Waals surface area contributed by atoms with Gasteiger partial charge in [-0.3, -0.25) is 0 Å². The SMILES string of the molecule is COC(=O)C(C)Oc1ccc(Br)cc1C=NO. The number of methoxy groups -OCH3 is 1. The smallest absolute Gasteiger partial charge is 0.346 e. The van der Waals surface area contributed by atoms with E-state index in [4.69, 9.17) is 9.94 Å². The molecule has 0 spiro atoms. The second-order valence-electron chi connectivity index (χ2n) is 3.21. The lowest BCUT2D eigenvalue weighted by Gasteiger charge is -2.14. The van der Waals surface area contributed by atoms with Gasteiger partial charge >= 0.3 is 5.97 Å². The van der Waals surface area contributed by atoms with Gasteiger partial charge in [-0.25, -0.2) is 4.79 Å². The zero-order chi connectivity index (χ0) is 12.8. The summed E-state index contributed by atoms with van der Waals surface area (Å²) in [6.45, 7) is 1.58. The van der Waals surface area contributed by atoms with Crippen LogP contribution in [0.25, 0.3) is 0 Å². The number of hydrogen-bond acceptors (Lipinski definition) is 5. The molecule has 0 aliphatic carbocycles. The van der Waals surface area contributed by atoms with E-state index in [9.17, 15) is 4.79 Å². The largest absolute Gasteiger partial charge is 0.478 e. The van der Waals surface area contributed by atoms with Crippen molar-refractivity contribution in [2.45, 2.75) is 13.0 Å². The fourth-order valence-corrected chi connectivity index (χ4v) is 1.57. The van der Waals surface area contributed by atoms with Gasteiger partial charge in [-0.05, 0) is 25.1 Å². The molecule has 1 atom stereocenters. The molecule has 1 N–H and O–H groups in total. The Hall–Kier alpha value is -1.56. The van der Waals surface area contributed by atoms with E-state index in [1.165, 1.54) is 13.3 Å². The third-order valence-electron chi connectivity index (χ3n) is 2.01. The molecule has 0 aliphatic rings. The maximum atomic E-state index is 11.2. The quantitative estimate of drug-likeness (QED) is 0.401. The zero-order valence-electron chi connectivity index (χ0n) is 9.38. The Morgan fingerprint density at radius 1 is 1.59 bits per heavy atom. The predicted molar refractivity (Wildman–Crippen MR) is 65.6 cm³/mol. The number of hydrogen-bond donors (Lipinski definition) is 1. The van der Waals surface area contributed by atoms with E-state index in [1.807, 2.05) is 0 Å². The number of nitrogens with zero attached hydrogens (tertiary/aromatic N) is 1. The molecule has 1 aromatic rings. The van der Waals surface area contributed by atoms with Crippen LogP contribution in [0.1, 0.15) is 12.5 Å². The van der Waals surface area contributed by atoms with Crippen molar-refractivity contribution in [2.24, 2.45) is 5.16 Å². The summed E-state index contributed by atoms with van der Waals surface area (Å²) < 4.78 is 10.8. The molecule has 0 amide bonds. The molecule has 1 aromatic carbocycles. The Morgan fingerprint density at radius 3 is 2.88 bits per heavy atom. The van der Waals surface area contributed by atoms with Crippen molar-refractivity contribution in [1.82, 2.24) is 0 Å².